The molecule has 0 aliphatic rings. The van der Waals surface area contributed by atoms with E-state index in [2.05, 4.69) is 20.4 Å². The number of ether oxygens (including phenoxy) is 2. The summed E-state index contributed by atoms with van der Waals surface area (Å²) >= 11 is 0. The van der Waals surface area contributed by atoms with Crippen LogP contribution in [0.5, 0.6) is 11.5 Å². The van der Waals surface area contributed by atoms with E-state index in [9.17, 15) is 0 Å². The lowest BCUT2D eigenvalue weighted by Gasteiger charge is -2.10. The van der Waals surface area contributed by atoms with Gasteiger partial charge < -0.3 is 20.5 Å². The van der Waals surface area contributed by atoms with E-state index in [0.717, 1.165) is 5.69 Å². The summed E-state index contributed by atoms with van der Waals surface area (Å²) in [5.74, 6) is 2.14. The maximum Gasteiger partial charge on any atom is 0.193 e. The fourth-order valence-electron chi connectivity index (χ4n) is 1.71. The monoisotopic (exact) mass is 418 g/mol. The van der Waals surface area contributed by atoms with E-state index in [1.807, 2.05) is 6.07 Å². The molecule has 0 aliphatic carbocycles. The van der Waals surface area contributed by atoms with Gasteiger partial charge in [-0.2, -0.15) is 5.10 Å². The summed E-state index contributed by atoms with van der Waals surface area (Å²) in [5.41, 5.74) is 6.58. The van der Waals surface area contributed by atoms with Crippen LogP contribution in [0.1, 0.15) is 5.82 Å². The highest BCUT2D eigenvalue weighted by Crippen LogP contribution is 2.29. The molecule has 0 radical (unpaired) electrons. The van der Waals surface area contributed by atoms with Crippen LogP contribution in [0.25, 0.3) is 0 Å². The number of benzene rings is 1. The largest absolute Gasteiger partial charge is 0.493 e. The summed E-state index contributed by atoms with van der Waals surface area (Å²) in [7, 11) is 4.96. The first kappa shape index (κ1) is 18.0. The quantitative estimate of drug-likeness (QED) is 0.433. The van der Waals surface area contributed by atoms with Crippen molar-refractivity contribution in [3.8, 4) is 11.5 Å². The molecular weight excluding hydrogens is 399 g/mol. The number of aromatic nitrogens is 3. The van der Waals surface area contributed by atoms with Crippen LogP contribution in [-0.2, 0) is 13.6 Å². The summed E-state index contributed by atoms with van der Waals surface area (Å²) in [5, 5.41) is 7.09. The molecule has 0 aliphatic heterocycles. The van der Waals surface area contributed by atoms with Crippen LogP contribution in [0, 0.1) is 0 Å². The van der Waals surface area contributed by atoms with Gasteiger partial charge in [0.05, 0.1) is 14.2 Å². The van der Waals surface area contributed by atoms with Crippen molar-refractivity contribution in [3.05, 3.63) is 30.4 Å². The number of rotatable bonds is 5. The average Bonchev–Trinajstić information content (AvgIpc) is 2.90. The van der Waals surface area contributed by atoms with Gasteiger partial charge >= 0.3 is 0 Å². The minimum Gasteiger partial charge on any atom is -0.493 e. The Morgan fingerprint density at radius 2 is 2.05 bits per heavy atom. The Hall–Kier alpha value is -2.04. The lowest BCUT2D eigenvalue weighted by Crippen LogP contribution is -2.22. The van der Waals surface area contributed by atoms with Crippen molar-refractivity contribution in [2.45, 2.75) is 6.54 Å². The molecule has 8 nitrogen and oxygen atoms in total. The number of hydrogen-bond acceptors (Lipinski definition) is 5. The van der Waals surface area contributed by atoms with Crippen LogP contribution in [0.15, 0.2) is 29.5 Å². The molecule has 2 aromatic rings. The smallest absolute Gasteiger partial charge is 0.193 e. The van der Waals surface area contributed by atoms with Crippen molar-refractivity contribution in [3.63, 3.8) is 0 Å². The minimum absolute atomic E-state index is 0. The highest BCUT2D eigenvalue weighted by Gasteiger charge is 2.05. The maximum atomic E-state index is 5.83. The zero-order chi connectivity index (χ0) is 15.2. The molecule has 22 heavy (non-hydrogen) atoms. The van der Waals surface area contributed by atoms with Crippen molar-refractivity contribution in [1.29, 1.82) is 0 Å². The van der Waals surface area contributed by atoms with Crippen molar-refractivity contribution in [1.82, 2.24) is 14.8 Å². The third-order valence-electron chi connectivity index (χ3n) is 2.69. The Bertz CT molecular complexity index is 643. The number of hydrogen-bond donors (Lipinski definition) is 2. The van der Waals surface area contributed by atoms with E-state index >= 15 is 0 Å². The van der Waals surface area contributed by atoms with Crippen molar-refractivity contribution in [2.24, 2.45) is 17.8 Å². The first-order valence-corrected chi connectivity index (χ1v) is 6.26. The van der Waals surface area contributed by atoms with E-state index in [-0.39, 0.29) is 29.9 Å². The van der Waals surface area contributed by atoms with E-state index in [1.54, 1.807) is 44.4 Å². The summed E-state index contributed by atoms with van der Waals surface area (Å²) < 4.78 is 12.0. The second-order valence-electron chi connectivity index (χ2n) is 4.23. The average molecular weight is 418 g/mol. The molecule has 0 unspecified atom stereocenters. The van der Waals surface area contributed by atoms with Gasteiger partial charge in [-0.3, -0.25) is 4.68 Å². The molecule has 1 aromatic heterocycles. The molecule has 0 saturated carbocycles. The first-order chi connectivity index (χ1) is 10.1. The van der Waals surface area contributed by atoms with Crippen molar-refractivity contribution >= 4 is 35.6 Å². The highest BCUT2D eigenvalue weighted by atomic mass is 127. The highest BCUT2D eigenvalue weighted by molar-refractivity contribution is 14.0. The Kier molecular flexibility index (Phi) is 6.89. The molecule has 0 spiro atoms. The molecule has 0 fully saturated rings. The van der Waals surface area contributed by atoms with E-state index in [1.165, 1.54) is 0 Å². The van der Waals surface area contributed by atoms with Gasteiger partial charge in [-0.05, 0) is 12.1 Å². The van der Waals surface area contributed by atoms with Crippen LogP contribution in [0.2, 0.25) is 0 Å². The van der Waals surface area contributed by atoms with Crippen molar-refractivity contribution in [2.75, 3.05) is 19.5 Å². The van der Waals surface area contributed by atoms with Crippen LogP contribution >= 0.6 is 24.0 Å². The Balaban J connectivity index is 0.00000242. The van der Waals surface area contributed by atoms with Crippen LogP contribution < -0.4 is 20.5 Å². The Labute approximate surface area is 145 Å². The lowest BCUT2D eigenvalue weighted by atomic mass is 10.3. The number of anilines is 1. The van der Waals surface area contributed by atoms with Gasteiger partial charge in [0.2, 0.25) is 0 Å². The molecule has 3 N–H and O–H groups in total. The fourth-order valence-corrected chi connectivity index (χ4v) is 1.71. The zero-order valence-electron chi connectivity index (χ0n) is 12.6. The fraction of sp³-hybridized carbons (Fsp3) is 0.308. The van der Waals surface area contributed by atoms with Crippen LogP contribution in [0.3, 0.4) is 0 Å². The van der Waals surface area contributed by atoms with Gasteiger partial charge in [-0.15, -0.1) is 24.0 Å². The third kappa shape index (κ3) is 4.76. The molecule has 1 aromatic carbocycles. The molecule has 120 valence electrons. The summed E-state index contributed by atoms with van der Waals surface area (Å²) in [4.78, 5) is 8.24. The van der Waals surface area contributed by atoms with Crippen LogP contribution in [0.4, 0.5) is 5.69 Å². The number of halogens is 1. The van der Waals surface area contributed by atoms with E-state index in [4.69, 9.17) is 15.2 Å². The third-order valence-corrected chi connectivity index (χ3v) is 2.69. The number of guanidine groups is 1. The van der Waals surface area contributed by atoms with Crippen molar-refractivity contribution < 1.29 is 9.47 Å². The van der Waals surface area contributed by atoms with E-state index < -0.39 is 0 Å². The number of nitrogens with zero attached hydrogens (tertiary/aromatic N) is 4. The predicted octanol–water partition coefficient (Wildman–Crippen LogP) is 1.38. The maximum absolute atomic E-state index is 5.83. The molecule has 0 bridgehead atoms. The number of aliphatic imine (C=N–C) groups is 1. The molecule has 0 atom stereocenters. The number of methoxy groups -OCH3 is 2. The molecule has 0 amide bonds. The molecule has 9 heteroatoms. The van der Waals surface area contributed by atoms with Gasteiger partial charge in [0.15, 0.2) is 23.3 Å². The number of nitrogens with one attached hydrogen (secondary N) is 1. The topological polar surface area (TPSA) is 99.6 Å². The SMILES string of the molecule is COc1ccc(NC(N)=NCc2ncn(C)n2)cc1OC.I. The molecule has 1 heterocycles. The number of aryl methyl sites for hydroxylation is 1. The van der Waals surface area contributed by atoms with Gasteiger partial charge in [-0.1, -0.05) is 0 Å². The second kappa shape index (κ2) is 8.41. The Morgan fingerprint density at radius 3 is 2.64 bits per heavy atom. The molecular formula is C13H19IN6O2. The molecule has 0 saturated heterocycles. The summed E-state index contributed by atoms with van der Waals surface area (Å²) in [6.45, 7) is 0.312. The lowest BCUT2D eigenvalue weighted by molar-refractivity contribution is 0.355. The van der Waals surface area contributed by atoms with Gasteiger partial charge in [0, 0.05) is 18.8 Å². The minimum atomic E-state index is 0. The van der Waals surface area contributed by atoms with Gasteiger partial charge in [0.25, 0.3) is 0 Å². The second-order valence-corrected chi connectivity index (χ2v) is 4.23. The predicted molar refractivity (Wildman–Crippen MR) is 94.9 cm³/mol. The van der Waals surface area contributed by atoms with Gasteiger partial charge in [0.1, 0.15) is 12.9 Å². The van der Waals surface area contributed by atoms with Gasteiger partial charge in [-0.25, -0.2) is 9.98 Å². The first-order valence-electron chi connectivity index (χ1n) is 6.26. The normalized spacial score (nSPS) is 10.8. The number of nitrogens with two attached hydrogens (primary N) is 1. The Morgan fingerprint density at radius 1 is 1.32 bits per heavy atom. The summed E-state index contributed by atoms with van der Waals surface area (Å²) in [6.07, 6.45) is 1.61. The van der Waals surface area contributed by atoms with Crippen LogP contribution in [-0.4, -0.2) is 34.9 Å². The summed E-state index contributed by atoms with van der Waals surface area (Å²) in [6, 6.07) is 5.39. The van der Waals surface area contributed by atoms with E-state index in [0.29, 0.717) is 23.9 Å². The molecule has 2 rings (SSSR count). The zero-order valence-corrected chi connectivity index (χ0v) is 14.9. The standard InChI is InChI=1S/C13H18N6O2.HI/c1-19-8-16-12(18-19)7-15-13(14)17-9-4-5-10(20-2)11(6-9)21-3;/h4-6,8H,7H2,1-3H3,(H3,14,15,17);1H.